The van der Waals surface area contributed by atoms with Crippen molar-refractivity contribution in [2.75, 3.05) is 5.32 Å². The van der Waals surface area contributed by atoms with E-state index in [1.165, 1.54) is 11.8 Å². The molecule has 2 amide bonds. The van der Waals surface area contributed by atoms with Gasteiger partial charge in [-0.2, -0.15) is 0 Å². The number of carbonyl (C=O) groups excluding carboxylic acids is 2. The van der Waals surface area contributed by atoms with Crippen LogP contribution in [-0.4, -0.2) is 17.1 Å². The fourth-order valence-corrected chi connectivity index (χ4v) is 3.77. The lowest BCUT2D eigenvalue weighted by Gasteiger charge is -2.24. The third-order valence-electron chi connectivity index (χ3n) is 3.82. The molecule has 0 radical (unpaired) electrons. The van der Waals surface area contributed by atoms with E-state index in [-0.39, 0.29) is 24.3 Å². The molecule has 0 aromatic heterocycles. The molecule has 0 bridgehead atoms. The highest BCUT2D eigenvalue weighted by Crippen LogP contribution is 2.36. The first-order valence-corrected chi connectivity index (χ1v) is 8.90. The predicted octanol–water partition coefficient (Wildman–Crippen LogP) is 4.02. The number of hydrogen-bond donors (Lipinski definition) is 2. The number of para-hydroxylation sites is 1. The molecule has 2 atom stereocenters. The topological polar surface area (TPSA) is 58.2 Å². The SMILES string of the molecule is CC(NC(=O)CC1Sc2ccccc2NC1=O)c1ccc(Cl)cc1. The quantitative estimate of drug-likeness (QED) is 0.865. The van der Waals surface area contributed by atoms with Gasteiger partial charge in [0.05, 0.1) is 17.0 Å². The molecule has 0 saturated carbocycles. The van der Waals surface area contributed by atoms with Crippen LogP contribution in [0.3, 0.4) is 0 Å². The van der Waals surface area contributed by atoms with Crippen LogP contribution < -0.4 is 10.6 Å². The number of nitrogens with one attached hydrogen (secondary N) is 2. The Morgan fingerprint density at radius 3 is 2.71 bits per heavy atom. The molecule has 124 valence electrons. The van der Waals surface area contributed by atoms with Crippen LogP contribution in [0.15, 0.2) is 53.4 Å². The molecule has 0 saturated heterocycles. The summed E-state index contributed by atoms with van der Waals surface area (Å²) in [6.07, 6.45) is 0.142. The van der Waals surface area contributed by atoms with Crippen LogP contribution in [-0.2, 0) is 9.59 Å². The number of hydrogen-bond acceptors (Lipinski definition) is 3. The van der Waals surface area contributed by atoms with Gasteiger partial charge in [0, 0.05) is 16.3 Å². The Hall–Kier alpha value is -1.98. The smallest absolute Gasteiger partial charge is 0.238 e. The van der Waals surface area contributed by atoms with Crippen LogP contribution in [0.25, 0.3) is 0 Å². The van der Waals surface area contributed by atoms with E-state index >= 15 is 0 Å². The van der Waals surface area contributed by atoms with Gasteiger partial charge in [-0.05, 0) is 36.8 Å². The van der Waals surface area contributed by atoms with Gasteiger partial charge < -0.3 is 10.6 Å². The highest BCUT2D eigenvalue weighted by molar-refractivity contribution is 8.01. The number of anilines is 1. The number of thioether (sulfide) groups is 1. The summed E-state index contributed by atoms with van der Waals surface area (Å²) in [7, 11) is 0. The van der Waals surface area contributed by atoms with E-state index in [9.17, 15) is 9.59 Å². The molecule has 1 aliphatic heterocycles. The normalized spacial score (nSPS) is 17.6. The van der Waals surface area contributed by atoms with Gasteiger partial charge in [-0.1, -0.05) is 35.9 Å². The molecule has 1 heterocycles. The van der Waals surface area contributed by atoms with E-state index in [4.69, 9.17) is 11.6 Å². The van der Waals surface area contributed by atoms with Gasteiger partial charge in [0.15, 0.2) is 0 Å². The third kappa shape index (κ3) is 3.91. The molecule has 24 heavy (non-hydrogen) atoms. The lowest BCUT2D eigenvalue weighted by molar-refractivity contribution is -0.124. The van der Waals surface area contributed by atoms with E-state index < -0.39 is 5.25 Å². The number of carbonyl (C=O) groups is 2. The zero-order chi connectivity index (χ0) is 17.1. The van der Waals surface area contributed by atoms with Crippen LogP contribution in [0.5, 0.6) is 0 Å². The van der Waals surface area contributed by atoms with Gasteiger partial charge in [-0.3, -0.25) is 9.59 Å². The highest BCUT2D eigenvalue weighted by Gasteiger charge is 2.29. The molecule has 2 aromatic carbocycles. The Morgan fingerprint density at radius 1 is 1.25 bits per heavy atom. The maximum Gasteiger partial charge on any atom is 0.238 e. The van der Waals surface area contributed by atoms with Crippen molar-refractivity contribution in [3.05, 3.63) is 59.1 Å². The molecule has 2 unspecified atom stereocenters. The van der Waals surface area contributed by atoms with Crippen LogP contribution >= 0.6 is 23.4 Å². The fourth-order valence-electron chi connectivity index (χ4n) is 2.53. The summed E-state index contributed by atoms with van der Waals surface area (Å²) >= 11 is 7.30. The molecular formula is C18H17ClN2O2S. The minimum Gasteiger partial charge on any atom is -0.350 e. The Bertz CT molecular complexity index is 764. The maximum atomic E-state index is 12.3. The average Bonchev–Trinajstić information content (AvgIpc) is 2.56. The third-order valence-corrected chi connectivity index (χ3v) is 5.35. The van der Waals surface area contributed by atoms with Crippen molar-refractivity contribution in [2.45, 2.75) is 29.5 Å². The number of amides is 2. The first-order valence-electron chi connectivity index (χ1n) is 7.64. The summed E-state index contributed by atoms with van der Waals surface area (Å²) in [6.45, 7) is 1.91. The molecule has 6 heteroatoms. The first-order chi connectivity index (χ1) is 11.5. The minimum atomic E-state index is -0.419. The molecule has 2 N–H and O–H groups in total. The van der Waals surface area contributed by atoms with Gasteiger partial charge in [0.1, 0.15) is 0 Å². The van der Waals surface area contributed by atoms with Crippen molar-refractivity contribution in [1.29, 1.82) is 0 Å². The summed E-state index contributed by atoms with van der Waals surface area (Å²) in [4.78, 5) is 25.4. The van der Waals surface area contributed by atoms with Gasteiger partial charge in [-0.25, -0.2) is 0 Å². The number of benzene rings is 2. The lowest BCUT2D eigenvalue weighted by Crippen LogP contribution is -2.35. The van der Waals surface area contributed by atoms with E-state index in [1.807, 2.05) is 43.3 Å². The van der Waals surface area contributed by atoms with Crippen molar-refractivity contribution in [3.63, 3.8) is 0 Å². The molecule has 3 rings (SSSR count). The fraction of sp³-hybridized carbons (Fsp3) is 0.222. The first kappa shape index (κ1) is 16.9. The van der Waals surface area contributed by atoms with E-state index in [0.29, 0.717) is 5.02 Å². The average molecular weight is 361 g/mol. The number of rotatable bonds is 4. The second kappa shape index (κ2) is 7.28. The predicted molar refractivity (Wildman–Crippen MR) is 97.3 cm³/mol. The van der Waals surface area contributed by atoms with E-state index in [0.717, 1.165) is 16.1 Å². The highest BCUT2D eigenvalue weighted by atomic mass is 35.5. The van der Waals surface area contributed by atoms with Crippen molar-refractivity contribution >= 4 is 40.9 Å². The maximum absolute atomic E-state index is 12.3. The molecule has 0 spiro atoms. The van der Waals surface area contributed by atoms with Crippen LogP contribution in [0.1, 0.15) is 24.9 Å². The van der Waals surface area contributed by atoms with Crippen LogP contribution in [0.4, 0.5) is 5.69 Å². The Labute approximate surface area is 150 Å². The molecule has 2 aromatic rings. The zero-order valence-electron chi connectivity index (χ0n) is 13.1. The second-order valence-corrected chi connectivity index (χ2v) is 7.32. The summed E-state index contributed by atoms with van der Waals surface area (Å²) < 4.78 is 0. The molecule has 0 aliphatic carbocycles. The Balaban J connectivity index is 1.61. The van der Waals surface area contributed by atoms with Crippen molar-refractivity contribution in [3.8, 4) is 0 Å². The van der Waals surface area contributed by atoms with Gasteiger partial charge in [0.2, 0.25) is 11.8 Å². The lowest BCUT2D eigenvalue weighted by atomic mass is 10.1. The van der Waals surface area contributed by atoms with Crippen molar-refractivity contribution < 1.29 is 9.59 Å². The standard InChI is InChI=1S/C18H17ClN2O2S/c1-11(12-6-8-13(19)9-7-12)20-17(22)10-16-18(23)21-14-4-2-3-5-15(14)24-16/h2-9,11,16H,10H2,1H3,(H,20,22)(H,21,23). The monoisotopic (exact) mass is 360 g/mol. The van der Waals surface area contributed by atoms with E-state index in [1.54, 1.807) is 12.1 Å². The Morgan fingerprint density at radius 2 is 1.96 bits per heavy atom. The number of halogens is 1. The molecular weight excluding hydrogens is 344 g/mol. The van der Waals surface area contributed by atoms with E-state index in [2.05, 4.69) is 10.6 Å². The summed E-state index contributed by atoms with van der Waals surface area (Å²) in [5, 5.41) is 6.02. The summed E-state index contributed by atoms with van der Waals surface area (Å²) in [6, 6.07) is 14.8. The van der Waals surface area contributed by atoms with Crippen molar-refractivity contribution in [2.24, 2.45) is 0 Å². The molecule has 0 fully saturated rings. The van der Waals surface area contributed by atoms with Gasteiger partial charge >= 0.3 is 0 Å². The van der Waals surface area contributed by atoms with Crippen LogP contribution in [0, 0.1) is 0 Å². The second-order valence-electron chi connectivity index (χ2n) is 5.64. The summed E-state index contributed by atoms with van der Waals surface area (Å²) in [5.74, 6) is -0.280. The molecule has 1 aliphatic rings. The zero-order valence-corrected chi connectivity index (χ0v) is 14.7. The summed E-state index contributed by atoms with van der Waals surface area (Å²) in [5.41, 5.74) is 1.78. The van der Waals surface area contributed by atoms with Gasteiger partial charge in [0.25, 0.3) is 0 Å². The number of fused-ring (bicyclic) bond motifs is 1. The minimum absolute atomic E-state index is 0.131. The van der Waals surface area contributed by atoms with Gasteiger partial charge in [-0.15, -0.1) is 11.8 Å². The molecule has 4 nitrogen and oxygen atoms in total. The Kier molecular flexibility index (Phi) is 5.11. The van der Waals surface area contributed by atoms with Crippen molar-refractivity contribution in [1.82, 2.24) is 5.32 Å². The van der Waals surface area contributed by atoms with Crippen LogP contribution in [0.2, 0.25) is 5.02 Å². The largest absolute Gasteiger partial charge is 0.350 e.